The van der Waals surface area contributed by atoms with Crippen molar-refractivity contribution in [2.45, 2.75) is 25.7 Å². The average Bonchev–Trinajstić information content (AvgIpc) is 2.04. The van der Waals surface area contributed by atoms with E-state index in [-0.39, 0.29) is 23.7 Å². The van der Waals surface area contributed by atoms with Crippen LogP contribution < -0.4 is 11.5 Å². The number of hydrogen-bond donors (Lipinski definition) is 2. The highest BCUT2D eigenvalue weighted by Crippen LogP contribution is 2.27. The van der Waals surface area contributed by atoms with Crippen LogP contribution in [0.5, 0.6) is 0 Å². The van der Waals surface area contributed by atoms with E-state index < -0.39 is 0 Å². The number of primary amides is 2. The van der Waals surface area contributed by atoms with Crippen molar-refractivity contribution in [2.75, 3.05) is 0 Å². The molecule has 0 saturated heterocycles. The molecule has 0 aliphatic heterocycles. The molecular formula is C8H14N2O2. The maximum Gasteiger partial charge on any atom is 0.220 e. The lowest BCUT2D eigenvalue weighted by Gasteiger charge is -2.23. The Labute approximate surface area is 71.3 Å². The largest absolute Gasteiger partial charge is 0.369 e. The molecule has 4 N–H and O–H groups in total. The third-order valence-electron chi connectivity index (χ3n) is 2.53. The second-order valence-electron chi connectivity index (χ2n) is 3.35. The summed E-state index contributed by atoms with van der Waals surface area (Å²) < 4.78 is 0. The molecule has 4 nitrogen and oxygen atoms in total. The Morgan fingerprint density at radius 3 is 1.25 bits per heavy atom. The fourth-order valence-electron chi connectivity index (χ4n) is 1.66. The lowest BCUT2D eigenvalue weighted by Crippen LogP contribution is -2.32. The van der Waals surface area contributed by atoms with Gasteiger partial charge in [0.25, 0.3) is 0 Å². The number of amides is 2. The molecular weight excluding hydrogens is 156 g/mol. The zero-order chi connectivity index (χ0) is 9.14. The van der Waals surface area contributed by atoms with Gasteiger partial charge in [0.2, 0.25) is 11.8 Å². The molecule has 0 atom stereocenters. The van der Waals surface area contributed by atoms with E-state index in [4.69, 9.17) is 11.5 Å². The van der Waals surface area contributed by atoms with Crippen LogP contribution in [0, 0.1) is 11.8 Å². The maximum atomic E-state index is 10.7. The molecule has 1 fully saturated rings. The van der Waals surface area contributed by atoms with Crippen molar-refractivity contribution >= 4 is 11.8 Å². The predicted octanol–water partition coefficient (Wildman–Crippen LogP) is -0.237. The van der Waals surface area contributed by atoms with Gasteiger partial charge < -0.3 is 11.5 Å². The van der Waals surface area contributed by atoms with Gasteiger partial charge in [0.1, 0.15) is 0 Å². The molecule has 0 radical (unpaired) electrons. The van der Waals surface area contributed by atoms with E-state index in [0.29, 0.717) is 25.7 Å². The standard InChI is InChI=1S/C8H14N2O2/c9-7(11)5-1-2-6(4-3-5)8(10)12/h5-6H,1-4H2,(H2,9,11)(H2,10,12)/t5-,6+. The molecule has 1 rings (SSSR count). The van der Waals surface area contributed by atoms with E-state index in [1.165, 1.54) is 0 Å². The minimum atomic E-state index is -0.252. The Hall–Kier alpha value is -1.06. The van der Waals surface area contributed by atoms with E-state index in [1.807, 2.05) is 0 Å². The second kappa shape index (κ2) is 3.56. The van der Waals surface area contributed by atoms with Gasteiger partial charge in [-0.3, -0.25) is 9.59 Å². The van der Waals surface area contributed by atoms with Crippen molar-refractivity contribution in [3.05, 3.63) is 0 Å². The third-order valence-corrected chi connectivity index (χ3v) is 2.53. The summed E-state index contributed by atoms with van der Waals surface area (Å²) in [5, 5.41) is 0. The summed E-state index contributed by atoms with van der Waals surface area (Å²) >= 11 is 0. The predicted molar refractivity (Wildman–Crippen MR) is 43.8 cm³/mol. The number of carbonyl (C=O) groups is 2. The molecule has 0 aromatic rings. The van der Waals surface area contributed by atoms with Crippen molar-refractivity contribution in [1.29, 1.82) is 0 Å². The van der Waals surface area contributed by atoms with Crippen LogP contribution in [0.15, 0.2) is 0 Å². The van der Waals surface area contributed by atoms with E-state index in [1.54, 1.807) is 0 Å². The van der Waals surface area contributed by atoms with Gasteiger partial charge in [-0.2, -0.15) is 0 Å². The molecule has 1 saturated carbocycles. The van der Waals surface area contributed by atoms with Crippen LogP contribution in [0.4, 0.5) is 0 Å². The van der Waals surface area contributed by atoms with Crippen LogP contribution in [0.1, 0.15) is 25.7 Å². The summed E-state index contributed by atoms with van der Waals surface area (Å²) in [6.45, 7) is 0. The molecule has 0 aromatic carbocycles. The lowest BCUT2D eigenvalue weighted by atomic mass is 9.81. The number of rotatable bonds is 2. The van der Waals surface area contributed by atoms with Crippen molar-refractivity contribution in [3.8, 4) is 0 Å². The topological polar surface area (TPSA) is 86.2 Å². The molecule has 0 bridgehead atoms. The van der Waals surface area contributed by atoms with Crippen molar-refractivity contribution in [2.24, 2.45) is 23.3 Å². The van der Waals surface area contributed by atoms with Crippen molar-refractivity contribution < 1.29 is 9.59 Å². The molecule has 0 unspecified atom stereocenters. The Morgan fingerprint density at radius 1 is 0.833 bits per heavy atom. The number of hydrogen-bond acceptors (Lipinski definition) is 2. The van der Waals surface area contributed by atoms with Gasteiger partial charge in [0.15, 0.2) is 0 Å². The molecule has 1 aliphatic rings. The van der Waals surface area contributed by atoms with Crippen molar-refractivity contribution in [1.82, 2.24) is 0 Å². The fourth-order valence-corrected chi connectivity index (χ4v) is 1.66. The molecule has 0 aromatic heterocycles. The van der Waals surface area contributed by atoms with Crippen LogP contribution in [-0.2, 0) is 9.59 Å². The Kier molecular flexibility index (Phi) is 2.68. The zero-order valence-corrected chi connectivity index (χ0v) is 6.95. The minimum absolute atomic E-state index is 0.0411. The maximum absolute atomic E-state index is 10.7. The molecule has 0 spiro atoms. The average molecular weight is 170 g/mol. The first-order valence-electron chi connectivity index (χ1n) is 4.20. The highest BCUT2D eigenvalue weighted by molar-refractivity contribution is 5.79. The highest BCUT2D eigenvalue weighted by Gasteiger charge is 2.27. The summed E-state index contributed by atoms with van der Waals surface area (Å²) in [7, 11) is 0. The number of carbonyl (C=O) groups excluding carboxylic acids is 2. The first-order chi connectivity index (χ1) is 5.61. The Balaban J connectivity index is 2.39. The van der Waals surface area contributed by atoms with Gasteiger partial charge in [-0.25, -0.2) is 0 Å². The van der Waals surface area contributed by atoms with Crippen molar-refractivity contribution in [3.63, 3.8) is 0 Å². The minimum Gasteiger partial charge on any atom is -0.369 e. The van der Waals surface area contributed by atoms with Crippen LogP contribution in [0.3, 0.4) is 0 Å². The molecule has 1 aliphatic carbocycles. The molecule has 0 heterocycles. The first-order valence-corrected chi connectivity index (χ1v) is 4.20. The summed E-state index contributed by atoms with van der Waals surface area (Å²) in [5.41, 5.74) is 10.3. The smallest absolute Gasteiger partial charge is 0.220 e. The number of nitrogens with two attached hydrogens (primary N) is 2. The van der Waals surface area contributed by atoms with Crippen LogP contribution in [0.25, 0.3) is 0 Å². The van der Waals surface area contributed by atoms with E-state index in [0.717, 1.165) is 0 Å². The molecule has 68 valence electrons. The van der Waals surface area contributed by atoms with Gasteiger partial charge in [0.05, 0.1) is 0 Å². The second-order valence-corrected chi connectivity index (χ2v) is 3.35. The van der Waals surface area contributed by atoms with Gasteiger partial charge >= 0.3 is 0 Å². The summed E-state index contributed by atoms with van der Waals surface area (Å²) in [4.78, 5) is 21.5. The Morgan fingerprint density at radius 2 is 1.08 bits per heavy atom. The van der Waals surface area contributed by atoms with Crippen LogP contribution >= 0.6 is 0 Å². The summed E-state index contributed by atoms with van der Waals surface area (Å²) in [6.07, 6.45) is 2.84. The third kappa shape index (κ3) is 1.96. The zero-order valence-electron chi connectivity index (χ0n) is 6.95. The van der Waals surface area contributed by atoms with E-state index in [9.17, 15) is 9.59 Å². The summed E-state index contributed by atoms with van der Waals surface area (Å²) in [5.74, 6) is -0.586. The van der Waals surface area contributed by atoms with Gasteiger partial charge in [0, 0.05) is 11.8 Å². The summed E-state index contributed by atoms with van der Waals surface area (Å²) in [6, 6.07) is 0. The van der Waals surface area contributed by atoms with E-state index >= 15 is 0 Å². The van der Waals surface area contributed by atoms with Gasteiger partial charge in [-0.05, 0) is 25.7 Å². The van der Waals surface area contributed by atoms with Crippen LogP contribution in [-0.4, -0.2) is 11.8 Å². The molecule has 4 heteroatoms. The molecule has 12 heavy (non-hydrogen) atoms. The van der Waals surface area contributed by atoms with Gasteiger partial charge in [-0.15, -0.1) is 0 Å². The lowest BCUT2D eigenvalue weighted by molar-refractivity contribution is -0.127. The first kappa shape index (κ1) is 9.03. The van der Waals surface area contributed by atoms with E-state index in [2.05, 4.69) is 0 Å². The SMILES string of the molecule is NC(=O)[C@H]1CC[C@@H](C(N)=O)CC1. The fraction of sp³-hybridized carbons (Fsp3) is 0.750. The quantitative estimate of drug-likeness (QED) is 0.599. The Bertz CT molecular complexity index is 173. The highest BCUT2D eigenvalue weighted by atomic mass is 16.1. The van der Waals surface area contributed by atoms with Crippen LogP contribution in [0.2, 0.25) is 0 Å². The monoisotopic (exact) mass is 170 g/mol. The molecule has 2 amide bonds. The van der Waals surface area contributed by atoms with Gasteiger partial charge in [-0.1, -0.05) is 0 Å². The normalized spacial score (nSPS) is 29.7.